The van der Waals surface area contributed by atoms with Crippen molar-refractivity contribution in [3.8, 4) is 5.75 Å². The molecule has 0 atom stereocenters. The Morgan fingerprint density at radius 1 is 1.00 bits per heavy atom. The number of carbonyl (C=O) groups excluding carboxylic acids is 1. The molecule has 0 saturated heterocycles. The summed E-state index contributed by atoms with van der Waals surface area (Å²) in [7, 11) is 0. The predicted molar refractivity (Wildman–Crippen MR) is 74.5 cm³/mol. The van der Waals surface area contributed by atoms with Gasteiger partial charge in [-0.2, -0.15) is 0 Å². The van der Waals surface area contributed by atoms with Crippen molar-refractivity contribution in [2.24, 2.45) is 0 Å². The van der Waals surface area contributed by atoms with Gasteiger partial charge in [-0.05, 0) is 42.5 Å². The number of aromatic carboxylic acids is 1. The van der Waals surface area contributed by atoms with Crippen LogP contribution in [0.4, 0.5) is 5.69 Å². The van der Waals surface area contributed by atoms with Crippen LogP contribution < -0.4 is 5.32 Å². The van der Waals surface area contributed by atoms with Crippen molar-refractivity contribution < 1.29 is 19.8 Å². The topological polar surface area (TPSA) is 86.6 Å². The first kappa shape index (κ1) is 13.9. The zero-order chi connectivity index (χ0) is 14.7. The Labute approximate surface area is 119 Å². The monoisotopic (exact) mass is 291 g/mol. The fourth-order valence-electron chi connectivity index (χ4n) is 1.56. The molecule has 1 amide bonds. The average molecular weight is 292 g/mol. The zero-order valence-electron chi connectivity index (χ0n) is 10.1. The molecule has 0 aliphatic rings. The van der Waals surface area contributed by atoms with Gasteiger partial charge in [0.05, 0.1) is 11.3 Å². The van der Waals surface area contributed by atoms with Gasteiger partial charge in [0.2, 0.25) is 0 Å². The Hall–Kier alpha value is -2.53. The number of anilines is 1. The van der Waals surface area contributed by atoms with Crippen LogP contribution in [0.2, 0.25) is 5.02 Å². The van der Waals surface area contributed by atoms with Crippen LogP contribution in [-0.2, 0) is 0 Å². The Balaban J connectivity index is 2.25. The summed E-state index contributed by atoms with van der Waals surface area (Å²) < 4.78 is 0. The van der Waals surface area contributed by atoms with E-state index >= 15 is 0 Å². The summed E-state index contributed by atoms with van der Waals surface area (Å²) in [5.41, 5.74) is 0.341. The number of rotatable bonds is 3. The fraction of sp³-hybridized carbons (Fsp3) is 0. The number of carbonyl (C=O) groups is 2. The molecule has 3 N–H and O–H groups in total. The van der Waals surface area contributed by atoms with E-state index in [1.807, 2.05) is 0 Å². The van der Waals surface area contributed by atoms with E-state index < -0.39 is 11.9 Å². The van der Waals surface area contributed by atoms with Crippen LogP contribution in [0.3, 0.4) is 0 Å². The van der Waals surface area contributed by atoms with Crippen molar-refractivity contribution in [1.29, 1.82) is 0 Å². The Morgan fingerprint density at radius 2 is 1.60 bits per heavy atom. The maximum absolute atomic E-state index is 11.9. The van der Waals surface area contributed by atoms with Gasteiger partial charge in [-0.3, -0.25) is 4.79 Å². The average Bonchev–Trinajstić information content (AvgIpc) is 2.41. The maximum Gasteiger partial charge on any atom is 0.335 e. The number of aromatic hydroxyl groups is 1. The van der Waals surface area contributed by atoms with Crippen LogP contribution >= 0.6 is 11.6 Å². The molecule has 5 nitrogen and oxygen atoms in total. The molecule has 102 valence electrons. The second kappa shape index (κ2) is 5.63. The van der Waals surface area contributed by atoms with E-state index in [0.29, 0.717) is 10.6 Å². The van der Waals surface area contributed by atoms with Crippen molar-refractivity contribution in [3.63, 3.8) is 0 Å². The molecule has 0 unspecified atom stereocenters. The van der Waals surface area contributed by atoms with E-state index in [2.05, 4.69) is 5.32 Å². The standard InChI is InChI=1S/C14H10ClNO4/c15-10-4-1-8(2-5-10)13(18)16-11-7-9(14(19)20)3-6-12(11)17/h1-7,17H,(H,16,18)(H,19,20). The fourth-order valence-corrected chi connectivity index (χ4v) is 1.69. The number of hydrogen-bond acceptors (Lipinski definition) is 3. The number of hydrogen-bond donors (Lipinski definition) is 3. The number of benzene rings is 2. The molecule has 20 heavy (non-hydrogen) atoms. The van der Waals surface area contributed by atoms with E-state index in [4.69, 9.17) is 16.7 Å². The Morgan fingerprint density at radius 3 is 2.20 bits per heavy atom. The Bertz CT molecular complexity index is 667. The molecule has 0 spiro atoms. The zero-order valence-corrected chi connectivity index (χ0v) is 10.9. The molecule has 0 aliphatic heterocycles. The maximum atomic E-state index is 11.9. The molecule has 0 heterocycles. The van der Waals surface area contributed by atoms with Gasteiger partial charge in [0.25, 0.3) is 5.91 Å². The highest BCUT2D eigenvalue weighted by Gasteiger charge is 2.12. The normalized spacial score (nSPS) is 10.1. The van der Waals surface area contributed by atoms with Crippen molar-refractivity contribution >= 4 is 29.2 Å². The number of amides is 1. The highest BCUT2D eigenvalue weighted by Crippen LogP contribution is 2.25. The van der Waals surface area contributed by atoms with Crippen LogP contribution in [0.1, 0.15) is 20.7 Å². The Kier molecular flexibility index (Phi) is 3.91. The molecule has 0 saturated carbocycles. The molecule has 0 fully saturated rings. The first-order valence-electron chi connectivity index (χ1n) is 5.60. The van der Waals surface area contributed by atoms with Gasteiger partial charge in [-0.15, -0.1) is 0 Å². The number of carboxylic acids is 1. The SMILES string of the molecule is O=C(O)c1ccc(O)c(NC(=O)c2ccc(Cl)cc2)c1. The van der Waals surface area contributed by atoms with Gasteiger partial charge < -0.3 is 15.5 Å². The smallest absolute Gasteiger partial charge is 0.335 e. The van der Waals surface area contributed by atoms with Gasteiger partial charge in [0, 0.05) is 10.6 Å². The summed E-state index contributed by atoms with van der Waals surface area (Å²) in [4.78, 5) is 22.8. The lowest BCUT2D eigenvalue weighted by molar-refractivity contribution is 0.0696. The van der Waals surface area contributed by atoms with Crippen LogP contribution in [0.5, 0.6) is 5.75 Å². The van der Waals surface area contributed by atoms with E-state index in [1.54, 1.807) is 12.1 Å². The lowest BCUT2D eigenvalue weighted by Gasteiger charge is -2.08. The number of phenols is 1. The lowest BCUT2D eigenvalue weighted by Crippen LogP contribution is -2.12. The number of carboxylic acid groups (broad SMARTS) is 1. The van der Waals surface area contributed by atoms with Crippen LogP contribution in [0, 0.1) is 0 Å². The van der Waals surface area contributed by atoms with Gasteiger partial charge in [-0.1, -0.05) is 11.6 Å². The van der Waals surface area contributed by atoms with Crippen LogP contribution in [0.25, 0.3) is 0 Å². The summed E-state index contributed by atoms with van der Waals surface area (Å²) in [6.07, 6.45) is 0. The minimum atomic E-state index is -1.15. The van der Waals surface area contributed by atoms with E-state index in [-0.39, 0.29) is 17.0 Å². The molecular formula is C14H10ClNO4. The third-order valence-corrected chi connectivity index (χ3v) is 2.85. The summed E-state index contributed by atoms with van der Waals surface area (Å²) in [5, 5.41) is 21.4. The number of nitrogens with one attached hydrogen (secondary N) is 1. The summed E-state index contributed by atoms with van der Waals surface area (Å²) in [5.74, 6) is -1.83. The highest BCUT2D eigenvalue weighted by molar-refractivity contribution is 6.30. The number of phenolic OH excluding ortho intramolecular Hbond substituents is 1. The van der Waals surface area contributed by atoms with Crippen molar-refractivity contribution in [3.05, 3.63) is 58.6 Å². The summed E-state index contributed by atoms with van der Waals surface area (Å²) in [6, 6.07) is 9.81. The van der Waals surface area contributed by atoms with Gasteiger partial charge >= 0.3 is 5.97 Å². The third kappa shape index (κ3) is 3.07. The minimum absolute atomic E-state index is 0.0323. The summed E-state index contributed by atoms with van der Waals surface area (Å²) >= 11 is 5.72. The second-order valence-electron chi connectivity index (χ2n) is 4.00. The van der Waals surface area contributed by atoms with Gasteiger partial charge in [0.1, 0.15) is 5.75 Å². The highest BCUT2D eigenvalue weighted by atomic mass is 35.5. The van der Waals surface area contributed by atoms with Crippen molar-refractivity contribution in [2.45, 2.75) is 0 Å². The number of halogens is 1. The molecule has 0 bridgehead atoms. The molecule has 6 heteroatoms. The quantitative estimate of drug-likeness (QED) is 0.759. The first-order valence-corrected chi connectivity index (χ1v) is 5.98. The minimum Gasteiger partial charge on any atom is -0.506 e. The summed E-state index contributed by atoms with van der Waals surface area (Å²) in [6.45, 7) is 0. The van der Waals surface area contributed by atoms with E-state index in [9.17, 15) is 14.7 Å². The van der Waals surface area contributed by atoms with Crippen LogP contribution in [-0.4, -0.2) is 22.1 Å². The largest absolute Gasteiger partial charge is 0.506 e. The molecule has 2 aromatic rings. The van der Waals surface area contributed by atoms with Crippen LogP contribution in [0.15, 0.2) is 42.5 Å². The van der Waals surface area contributed by atoms with Crippen molar-refractivity contribution in [2.75, 3.05) is 5.32 Å². The molecule has 2 rings (SSSR count). The second-order valence-corrected chi connectivity index (χ2v) is 4.43. The molecular weight excluding hydrogens is 282 g/mol. The third-order valence-electron chi connectivity index (χ3n) is 2.60. The molecule has 2 aromatic carbocycles. The molecule has 0 aromatic heterocycles. The van der Waals surface area contributed by atoms with E-state index in [0.717, 1.165) is 0 Å². The van der Waals surface area contributed by atoms with Crippen molar-refractivity contribution in [1.82, 2.24) is 0 Å². The van der Waals surface area contributed by atoms with E-state index in [1.165, 1.54) is 30.3 Å². The van der Waals surface area contributed by atoms with Gasteiger partial charge in [-0.25, -0.2) is 4.79 Å². The molecule has 0 aliphatic carbocycles. The lowest BCUT2D eigenvalue weighted by atomic mass is 10.1. The predicted octanol–water partition coefficient (Wildman–Crippen LogP) is 3.00. The van der Waals surface area contributed by atoms with Gasteiger partial charge in [0.15, 0.2) is 0 Å². The molecule has 0 radical (unpaired) electrons. The first-order chi connectivity index (χ1) is 9.47.